The Morgan fingerprint density at radius 3 is 2.88 bits per heavy atom. The standard InChI is InChI=1S/C10H13N3O2S/c1-16-8-5-3-2-4-7(8)10(14)12-6-9(11)13-15/h2-5,15H,6H2,1H3,(H2,11,13)(H,12,14). The molecule has 0 atom stereocenters. The third-order valence-corrected chi connectivity index (χ3v) is 2.71. The van der Waals surface area contributed by atoms with E-state index in [1.165, 1.54) is 11.8 Å². The minimum Gasteiger partial charge on any atom is -0.409 e. The molecule has 0 radical (unpaired) electrons. The molecule has 86 valence electrons. The van der Waals surface area contributed by atoms with Crippen LogP contribution in [0.25, 0.3) is 0 Å². The van der Waals surface area contributed by atoms with Crippen LogP contribution in [0.4, 0.5) is 0 Å². The van der Waals surface area contributed by atoms with Gasteiger partial charge in [0.2, 0.25) is 0 Å². The van der Waals surface area contributed by atoms with Crippen LogP contribution < -0.4 is 11.1 Å². The van der Waals surface area contributed by atoms with Crippen LogP contribution in [0.5, 0.6) is 0 Å². The highest BCUT2D eigenvalue weighted by atomic mass is 32.2. The van der Waals surface area contributed by atoms with Gasteiger partial charge in [0.25, 0.3) is 5.91 Å². The molecule has 16 heavy (non-hydrogen) atoms. The summed E-state index contributed by atoms with van der Waals surface area (Å²) in [4.78, 5) is 12.6. The normalized spacial score (nSPS) is 11.2. The van der Waals surface area contributed by atoms with E-state index in [-0.39, 0.29) is 18.3 Å². The molecule has 1 aromatic carbocycles. The Hall–Kier alpha value is -1.69. The molecule has 0 saturated heterocycles. The number of rotatable bonds is 4. The van der Waals surface area contributed by atoms with E-state index >= 15 is 0 Å². The summed E-state index contributed by atoms with van der Waals surface area (Å²) in [6.45, 7) is 0.0258. The third-order valence-electron chi connectivity index (χ3n) is 1.91. The second kappa shape index (κ2) is 6.02. The molecular formula is C10H13N3O2S. The van der Waals surface area contributed by atoms with Crippen molar-refractivity contribution in [3.05, 3.63) is 29.8 Å². The Labute approximate surface area is 97.7 Å². The van der Waals surface area contributed by atoms with Crippen molar-refractivity contribution in [1.82, 2.24) is 5.32 Å². The fraction of sp³-hybridized carbons (Fsp3) is 0.200. The predicted molar refractivity (Wildman–Crippen MR) is 64.0 cm³/mol. The second-order valence-electron chi connectivity index (χ2n) is 2.97. The first-order valence-electron chi connectivity index (χ1n) is 4.56. The van der Waals surface area contributed by atoms with Gasteiger partial charge in [-0.25, -0.2) is 0 Å². The van der Waals surface area contributed by atoms with Gasteiger partial charge in [-0.15, -0.1) is 11.8 Å². The van der Waals surface area contributed by atoms with Gasteiger partial charge in [0.1, 0.15) is 0 Å². The summed E-state index contributed by atoms with van der Waals surface area (Å²) in [5.74, 6) is -0.272. The zero-order valence-electron chi connectivity index (χ0n) is 8.80. The minimum atomic E-state index is -0.239. The molecule has 0 unspecified atom stereocenters. The van der Waals surface area contributed by atoms with E-state index in [0.29, 0.717) is 5.56 Å². The molecule has 0 fully saturated rings. The highest BCUT2D eigenvalue weighted by molar-refractivity contribution is 7.98. The number of amides is 1. The third kappa shape index (κ3) is 3.16. The lowest BCUT2D eigenvalue weighted by Crippen LogP contribution is -2.33. The van der Waals surface area contributed by atoms with Crippen LogP contribution in [-0.4, -0.2) is 29.8 Å². The highest BCUT2D eigenvalue weighted by Crippen LogP contribution is 2.19. The predicted octanol–water partition coefficient (Wildman–Crippen LogP) is 0.885. The zero-order valence-corrected chi connectivity index (χ0v) is 9.62. The molecule has 0 heterocycles. The first-order valence-corrected chi connectivity index (χ1v) is 5.79. The van der Waals surface area contributed by atoms with Crippen molar-refractivity contribution in [2.24, 2.45) is 10.9 Å². The number of hydrogen-bond acceptors (Lipinski definition) is 4. The fourth-order valence-electron chi connectivity index (χ4n) is 1.13. The van der Waals surface area contributed by atoms with Crippen LogP contribution in [0, 0.1) is 0 Å². The van der Waals surface area contributed by atoms with Crippen LogP contribution >= 0.6 is 11.8 Å². The Bertz CT molecular complexity index is 407. The van der Waals surface area contributed by atoms with Crippen molar-refractivity contribution < 1.29 is 10.0 Å². The summed E-state index contributed by atoms with van der Waals surface area (Å²) in [6, 6.07) is 7.25. The molecular weight excluding hydrogens is 226 g/mol. The number of oxime groups is 1. The summed E-state index contributed by atoms with van der Waals surface area (Å²) in [5, 5.41) is 13.7. The van der Waals surface area contributed by atoms with Crippen molar-refractivity contribution in [3.63, 3.8) is 0 Å². The maximum absolute atomic E-state index is 11.7. The lowest BCUT2D eigenvalue weighted by molar-refractivity contribution is 0.0956. The number of carbonyl (C=O) groups is 1. The number of thioether (sulfide) groups is 1. The van der Waals surface area contributed by atoms with Crippen LogP contribution in [0.15, 0.2) is 34.3 Å². The average Bonchev–Trinajstić information content (AvgIpc) is 2.35. The lowest BCUT2D eigenvalue weighted by atomic mass is 10.2. The van der Waals surface area contributed by atoms with Gasteiger partial charge in [0.15, 0.2) is 5.84 Å². The molecule has 0 saturated carbocycles. The topological polar surface area (TPSA) is 87.7 Å². The van der Waals surface area contributed by atoms with Gasteiger partial charge in [0, 0.05) is 4.90 Å². The maximum Gasteiger partial charge on any atom is 0.252 e. The molecule has 5 nitrogen and oxygen atoms in total. The first kappa shape index (κ1) is 12.4. The number of nitrogens with two attached hydrogens (primary N) is 1. The van der Waals surface area contributed by atoms with Crippen molar-refractivity contribution in [2.45, 2.75) is 4.90 Å². The van der Waals surface area contributed by atoms with Gasteiger partial charge in [-0.1, -0.05) is 17.3 Å². The number of carbonyl (C=O) groups excluding carboxylic acids is 1. The van der Waals surface area contributed by atoms with Crippen LogP contribution in [0.1, 0.15) is 10.4 Å². The van der Waals surface area contributed by atoms with Crippen molar-refractivity contribution in [2.75, 3.05) is 12.8 Å². The van der Waals surface area contributed by atoms with Crippen molar-refractivity contribution in [1.29, 1.82) is 0 Å². The summed E-state index contributed by atoms with van der Waals surface area (Å²) in [6.07, 6.45) is 1.90. The van der Waals surface area contributed by atoms with Gasteiger partial charge in [0.05, 0.1) is 12.1 Å². The largest absolute Gasteiger partial charge is 0.409 e. The maximum atomic E-state index is 11.7. The molecule has 6 heteroatoms. The summed E-state index contributed by atoms with van der Waals surface area (Å²) in [7, 11) is 0. The second-order valence-corrected chi connectivity index (χ2v) is 3.82. The van der Waals surface area contributed by atoms with E-state index < -0.39 is 0 Å². The average molecular weight is 239 g/mol. The van der Waals surface area contributed by atoms with Crippen molar-refractivity contribution in [3.8, 4) is 0 Å². The SMILES string of the molecule is CSc1ccccc1C(=O)NCC(N)=NO. The molecule has 1 rings (SSSR count). The quantitative estimate of drug-likeness (QED) is 0.239. The van der Waals surface area contributed by atoms with Gasteiger partial charge < -0.3 is 16.3 Å². The van der Waals surface area contributed by atoms with E-state index in [0.717, 1.165) is 4.90 Å². The van der Waals surface area contributed by atoms with Gasteiger partial charge >= 0.3 is 0 Å². The lowest BCUT2D eigenvalue weighted by Gasteiger charge is -2.07. The zero-order chi connectivity index (χ0) is 12.0. The van der Waals surface area contributed by atoms with Crippen LogP contribution in [0.2, 0.25) is 0 Å². The molecule has 0 aliphatic carbocycles. The van der Waals surface area contributed by atoms with E-state index in [4.69, 9.17) is 10.9 Å². The van der Waals surface area contributed by atoms with Crippen LogP contribution in [0.3, 0.4) is 0 Å². The molecule has 0 aliphatic heterocycles. The molecule has 1 aromatic rings. The number of nitrogens with zero attached hydrogens (tertiary/aromatic N) is 1. The Morgan fingerprint density at radius 2 is 2.25 bits per heavy atom. The molecule has 0 aromatic heterocycles. The molecule has 1 amide bonds. The Morgan fingerprint density at radius 1 is 1.56 bits per heavy atom. The monoisotopic (exact) mass is 239 g/mol. The number of nitrogens with one attached hydrogen (secondary N) is 1. The van der Waals surface area contributed by atoms with E-state index in [2.05, 4.69) is 10.5 Å². The molecule has 4 N–H and O–H groups in total. The Kier molecular flexibility index (Phi) is 4.65. The van der Waals surface area contributed by atoms with Gasteiger partial charge in [-0.3, -0.25) is 4.79 Å². The highest BCUT2D eigenvalue weighted by Gasteiger charge is 2.09. The van der Waals surface area contributed by atoms with Gasteiger partial charge in [-0.05, 0) is 18.4 Å². The molecule has 0 bridgehead atoms. The van der Waals surface area contributed by atoms with E-state index in [9.17, 15) is 4.79 Å². The van der Waals surface area contributed by atoms with E-state index in [1.807, 2.05) is 18.4 Å². The summed E-state index contributed by atoms with van der Waals surface area (Å²) < 4.78 is 0. The first-order chi connectivity index (χ1) is 7.69. The minimum absolute atomic E-state index is 0.0258. The van der Waals surface area contributed by atoms with Crippen molar-refractivity contribution >= 4 is 23.5 Å². The van der Waals surface area contributed by atoms with Crippen LogP contribution in [-0.2, 0) is 0 Å². The van der Waals surface area contributed by atoms with E-state index in [1.54, 1.807) is 12.1 Å². The fourth-order valence-corrected chi connectivity index (χ4v) is 1.73. The number of amidine groups is 1. The van der Waals surface area contributed by atoms with Gasteiger partial charge in [-0.2, -0.15) is 0 Å². The summed E-state index contributed by atoms with van der Waals surface area (Å²) in [5.41, 5.74) is 5.83. The number of hydrogen-bond donors (Lipinski definition) is 3. The molecule has 0 aliphatic rings. The smallest absolute Gasteiger partial charge is 0.252 e. The number of benzene rings is 1. The summed E-state index contributed by atoms with van der Waals surface area (Å²) >= 11 is 1.49. The Balaban J connectivity index is 2.73. The molecule has 0 spiro atoms.